The van der Waals surface area contributed by atoms with Crippen LogP contribution in [0.2, 0.25) is 0 Å². The van der Waals surface area contributed by atoms with Crippen molar-refractivity contribution in [3.8, 4) is 5.75 Å². The van der Waals surface area contributed by atoms with Crippen molar-refractivity contribution in [1.29, 1.82) is 0 Å². The van der Waals surface area contributed by atoms with E-state index in [1.165, 1.54) is 6.07 Å². The Bertz CT molecular complexity index is 639. The van der Waals surface area contributed by atoms with E-state index in [2.05, 4.69) is 5.32 Å². The van der Waals surface area contributed by atoms with E-state index in [0.29, 0.717) is 11.4 Å². The molecule has 1 aliphatic carbocycles. The van der Waals surface area contributed by atoms with E-state index in [1.54, 1.807) is 12.1 Å². The van der Waals surface area contributed by atoms with Crippen LogP contribution in [0.25, 0.3) is 0 Å². The fourth-order valence-electron chi connectivity index (χ4n) is 2.89. The minimum absolute atomic E-state index is 0.107. The van der Waals surface area contributed by atoms with Crippen LogP contribution >= 0.6 is 0 Å². The second kappa shape index (κ2) is 5.16. The highest BCUT2D eigenvalue weighted by atomic mass is 19.1. The molecule has 20 heavy (non-hydrogen) atoms. The lowest BCUT2D eigenvalue weighted by Gasteiger charge is -2.27. The van der Waals surface area contributed by atoms with E-state index >= 15 is 0 Å². The zero-order chi connectivity index (χ0) is 14.1. The van der Waals surface area contributed by atoms with Crippen LogP contribution in [0.4, 0.5) is 10.1 Å². The standard InChI is InChI=1S/C17H18FNO/c1-11-5-8-15(18)17(9-11)19-16-4-2-3-12-10-13(20)6-7-14(12)16/h5-10,16,19-20H,2-4H2,1H3. The van der Waals surface area contributed by atoms with Gasteiger partial charge in [-0.25, -0.2) is 4.39 Å². The molecule has 0 heterocycles. The first kappa shape index (κ1) is 13.0. The van der Waals surface area contributed by atoms with Gasteiger partial charge in [-0.15, -0.1) is 0 Å². The minimum Gasteiger partial charge on any atom is -0.508 e. The van der Waals surface area contributed by atoms with Crippen LogP contribution < -0.4 is 5.32 Å². The Morgan fingerprint density at radius 1 is 1.20 bits per heavy atom. The third-order valence-electron chi connectivity index (χ3n) is 3.89. The molecule has 3 heteroatoms. The number of anilines is 1. The van der Waals surface area contributed by atoms with Crippen molar-refractivity contribution in [3.05, 3.63) is 58.9 Å². The maximum absolute atomic E-state index is 13.9. The molecule has 0 bridgehead atoms. The smallest absolute Gasteiger partial charge is 0.146 e. The first-order chi connectivity index (χ1) is 9.63. The molecule has 0 saturated heterocycles. The summed E-state index contributed by atoms with van der Waals surface area (Å²) < 4.78 is 13.9. The molecule has 2 aromatic rings. The molecule has 104 valence electrons. The molecule has 0 fully saturated rings. The number of halogens is 1. The van der Waals surface area contributed by atoms with Gasteiger partial charge in [-0.1, -0.05) is 12.1 Å². The van der Waals surface area contributed by atoms with Gasteiger partial charge in [0.25, 0.3) is 0 Å². The van der Waals surface area contributed by atoms with Gasteiger partial charge in [0.15, 0.2) is 0 Å². The molecule has 0 aliphatic heterocycles. The summed E-state index contributed by atoms with van der Waals surface area (Å²) in [6, 6.07) is 10.7. The Balaban J connectivity index is 1.91. The van der Waals surface area contributed by atoms with E-state index in [-0.39, 0.29) is 11.9 Å². The van der Waals surface area contributed by atoms with Crippen LogP contribution in [0, 0.1) is 12.7 Å². The average molecular weight is 271 g/mol. The van der Waals surface area contributed by atoms with Gasteiger partial charge in [-0.3, -0.25) is 0 Å². The van der Waals surface area contributed by atoms with Gasteiger partial charge >= 0.3 is 0 Å². The number of aryl methyl sites for hydroxylation is 2. The third-order valence-corrected chi connectivity index (χ3v) is 3.89. The second-order valence-corrected chi connectivity index (χ2v) is 5.46. The van der Waals surface area contributed by atoms with E-state index in [0.717, 1.165) is 36.0 Å². The molecular formula is C17H18FNO. The van der Waals surface area contributed by atoms with E-state index in [9.17, 15) is 9.50 Å². The van der Waals surface area contributed by atoms with Gasteiger partial charge in [0.1, 0.15) is 11.6 Å². The molecule has 1 aliphatic rings. The Hall–Kier alpha value is -2.03. The van der Waals surface area contributed by atoms with Gasteiger partial charge in [0.05, 0.1) is 11.7 Å². The van der Waals surface area contributed by atoms with Crippen LogP contribution in [0.3, 0.4) is 0 Å². The lowest BCUT2D eigenvalue weighted by atomic mass is 9.87. The van der Waals surface area contributed by atoms with Crippen molar-refractivity contribution in [1.82, 2.24) is 0 Å². The highest BCUT2D eigenvalue weighted by Crippen LogP contribution is 2.34. The molecule has 2 nitrogen and oxygen atoms in total. The van der Waals surface area contributed by atoms with E-state index in [4.69, 9.17) is 0 Å². The van der Waals surface area contributed by atoms with Crippen LogP contribution in [0.1, 0.15) is 35.6 Å². The van der Waals surface area contributed by atoms with Crippen molar-refractivity contribution in [2.45, 2.75) is 32.2 Å². The number of hydrogen-bond donors (Lipinski definition) is 2. The summed E-state index contributed by atoms with van der Waals surface area (Å²) in [5, 5.41) is 12.9. The summed E-state index contributed by atoms with van der Waals surface area (Å²) in [5.74, 6) is 0.0765. The molecule has 0 spiro atoms. The Morgan fingerprint density at radius 3 is 2.90 bits per heavy atom. The zero-order valence-corrected chi connectivity index (χ0v) is 11.5. The maximum Gasteiger partial charge on any atom is 0.146 e. The Labute approximate surface area is 118 Å². The number of nitrogens with one attached hydrogen (secondary N) is 1. The minimum atomic E-state index is -0.221. The van der Waals surface area contributed by atoms with Gasteiger partial charge < -0.3 is 10.4 Å². The fraction of sp³-hybridized carbons (Fsp3) is 0.294. The fourth-order valence-corrected chi connectivity index (χ4v) is 2.89. The number of benzene rings is 2. The van der Waals surface area contributed by atoms with Crippen molar-refractivity contribution in [2.24, 2.45) is 0 Å². The van der Waals surface area contributed by atoms with Crippen molar-refractivity contribution >= 4 is 5.69 Å². The molecular weight excluding hydrogens is 253 g/mol. The third kappa shape index (κ3) is 2.48. The van der Waals surface area contributed by atoms with Crippen LogP contribution in [-0.4, -0.2) is 5.11 Å². The number of rotatable bonds is 2. The Morgan fingerprint density at radius 2 is 2.05 bits per heavy atom. The molecule has 2 N–H and O–H groups in total. The van der Waals surface area contributed by atoms with Crippen LogP contribution in [-0.2, 0) is 6.42 Å². The number of hydrogen-bond acceptors (Lipinski definition) is 2. The highest BCUT2D eigenvalue weighted by Gasteiger charge is 2.21. The molecule has 0 saturated carbocycles. The molecule has 1 atom stereocenters. The highest BCUT2D eigenvalue weighted by molar-refractivity contribution is 5.51. The van der Waals surface area contributed by atoms with Crippen molar-refractivity contribution in [3.63, 3.8) is 0 Å². The SMILES string of the molecule is Cc1ccc(F)c(NC2CCCc3cc(O)ccc32)c1. The van der Waals surface area contributed by atoms with Gasteiger partial charge in [-0.05, 0) is 67.1 Å². The zero-order valence-electron chi connectivity index (χ0n) is 11.5. The first-order valence-electron chi connectivity index (χ1n) is 6.98. The predicted octanol–water partition coefficient (Wildman–Crippen LogP) is 4.33. The molecule has 0 amide bonds. The lowest BCUT2D eigenvalue weighted by molar-refractivity contribution is 0.472. The van der Waals surface area contributed by atoms with Crippen molar-refractivity contribution < 1.29 is 9.50 Å². The molecule has 0 radical (unpaired) electrons. The predicted molar refractivity (Wildman–Crippen MR) is 78.5 cm³/mol. The molecule has 1 unspecified atom stereocenters. The lowest BCUT2D eigenvalue weighted by Crippen LogP contribution is -2.18. The van der Waals surface area contributed by atoms with Gasteiger partial charge in [0.2, 0.25) is 0 Å². The number of phenolic OH excluding ortho intramolecular Hbond substituents is 1. The monoisotopic (exact) mass is 271 g/mol. The van der Waals surface area contributed by atoms with Crippen LogP contribution in [0.5, 0.6) is 5.75 Å². The summed E-state index contributed by atoms with van der Waals surface area (Å²) in [6.45, 7) is 1.96. The summed E-state index contributed by atoms with van der Waals surface area (Å²) >= 11 is 0. The topological polar surface area (TPSA) is 32.3 Å². The van der Waals surface area contributed by atoms with Gasteiger partial charge in [-0.2, -0.15) is 0 Å². The average Bonchev–Trinajstić information content (AvgIpc) is 2.43. The quantitative estimate of drug-likeness (QED) is 0.852. The van der Waals surface area contributed by atoms with E-state index < -0.39 is 0 Å². The summed E-state index contributed by atoms with van der Waals surface area (Å²) in [7, 11) is 0. The van der Waals surface area contributed by atoms with Gasteiger partial charge in [0, 0.05) is 0 Å². The molecule has 3 rings (SSSR count). The largest absolute Gasteiger partial charge is 0.508 e. The normalized spacial score (nSPS) is 17.6. The number of phenols is 1. The second-order valence-electron chi connectivity index (χ2n) is 5.46. The molecule has 0 aromatic heterocycles. The maximum atomic E-state index is 13.9. The Kier molecular flexibility index (Phi) is 3.35. The first-order valence-corrected chi connectivity index (χ1v) is 6.98. The van der Waals surface area contributed by atoms with Crippen molar-refractivity contribution in [2.75, 3.05) is 5.32 Å². The summed E-state index contributed by atoms with van der Waals surface area (Å²) in [4.78, 5) is 0. The molecule has 2 aromatic carbocycles. The summed E-state index contributed by atoms with van der Waals surface area (Å²) in [5.41, 5.74) is 3.91. The summed E-state index contributed by atoms with van der Waals surface area (Å²) in [6.07, 6.45) is 2.99. The number of aromatic hydroxyl groups is 1. The van der Waals surface area contributed by atoms with Crippen LogP contribution in [0.15, 0.2) is 36.4 Å². The number of fused-ring (bicyclic) bond motifs is 1. The van der Waals surface area contributed by atoms with E-state index in [1.807, 2.05) is 25.1 Å².